The maximum Gasteiger partial charge on any atom is 0.271 e. The van der Waals surface area contributed by atoms with E-state index in [4.69, 9.17) is 33.2 Å². The smallest absolute Gasteiger partial charge is 0.268 e. The first-order valence-electron chi connectivity index (χ1n) is 17.7. The van der Waals surface area contributed by atoms with Crippen LogP contribution in [0.15, 0.2) is 165 Å². The fourth-order valence-corrected chi connectivity index (χ4v) is 8.59. The van der Waals surface area contributed by atoms with E-state index in [0.717, 1.165) is 44.8 Å². The van der Waals surface area contributed by atoms with E-state index >= 15 is 0 Å². The van der Waals surface area contributed by atoms with E-state index in [0.29, 0.717) is 41.6 Å². The molecular formula is C46H32Cl2N4O2S2. The first kappa shape index (κ1) is 37.3. The van der Waals surface area contributed by atoms with Crippen molar-refractivity contribution in [1.82, 2.24) is 0 Å². The zero-order chi connectivity index (χ0) is 38.8. The molecule has 0 radical (unpaired) electrons. The van der Waals surface area contributed by atoms with Crippen LogP contribution in [0.2, 0.25) is 10.0 Å². The fourth-order valence-electron chi connectivity index (χ4n) is 6.35. The van der Waals surface area contributed by atoms with E-state index in [1.807, 2.05) is 135 Å². The number of aliphatic imine (C=N–C) groups is 2. The zero-order valence-electron chi connectivity index (χ0n) is 30.2. The topological polar surface area (TPSA) is 65.3 Å². The lowest BCUT2D eigenvalue weighted by Crippen LogP contribution is -2.29. The maximum atomic E-state index is 14.1. The van der Waals surface area contributed by atoms with Gasteiger partial charge in [-0.1, -0.05) is 96.0 Å². The Labute approximate surface area is 343 Å². The van der Waals surface area contributed by atoms with Crippen LogP contribution in [-0.2, 0) is 9.59 Å². The molecule has 0 unspecified atom stereocenters. The Morgan fingerprint density at radius 2 is 0.875 bits per heavy atom. The summed E-state index contributed by atoms with van der Waals surface area (Å²) in [7, 11) is 0. The molecule has 2 aliphatic heterocycles. The Bertz CT molecular complexity index is 2420. The van der Waals surface area contributed by atoms with Crippen LogP contribution in [0.5, 0.6) is 0 Å². The molecule has 2 aliphatic rings. The Hall–Kier alpha value is -5.64. The summed E-state index contributed by atoms with van der Waals surface area (Å²) in [4.78, 5) is 42.4. The molecular weight excluding hydrogens is 776 g/mol. The van der Waals surface area contributed by atoms with Crippen LogP contribution in [0.4, 0.5) is 22.7 Å². The zero-order valence-corrected chi connectivity index (χ0v) is 33.3. The van der Waals surface area contributed by atoms with Gasteiger partial charge in [-0.15, -0.1) is 0 Å². The number of halogens is 2. The maximum absolute atomic E-state index is 14.1. The molecule has 2 heterocycles. The number of carbonyl (C=O) groups excluding carboxylic acids is 2. The predicted molar refractivity (Wildman–Crippen MR) is 237 cm³/mol. The van der Waals surface area contributed by atoms with E-state index < -0.39 is 0 Å². The highest BCUT2D eigenvalue weighted by molar-refractivity contribution is 8.19. The van der Waals surface area contributed by atoms with E-state index in [-0.39, 0.29) is 11.8 Å². The van der Waals surface area contributed by atoms with Crippen molar-refractivity contribution in [3.63, 3.8) is 0 Å². The molecule has 0 atom stereocenters. The molecule has 2 fully saturated rings. The highest BCUT2D eigenvalue weighted by Gasteiger charge is 2.37. The van der Waals surface area contributed by atoms with Crippen LogP contribution < -0.4 is 9.80 Å². The third-order valence-electron chi connectivity index (χ3n) is 9.12. The van der Waals surface area contributed by atoms with Crippen molar-refractivity contribution in [3.05, 3.63) is 188 Å². The van der Waals surface area contributed by atoms with Crippen LogP contribution in [0, 0.1) is 13.8 Å². The fraction of sp³-hybridized carbons (Fsp3) is 0.0435. The Balaban J connectivity index is 1.12. The van der Waals surface area contributed by atoms with Gasteiger partial charge in [0.05, 0.1) is 32.6 Å². The molecule has 2 saturated heterocycles. The Kier molecular flexibility index (Phi) is 10.8. The largest absolute Gasteiger partial charge is 0.271 e. The van der Waals surface area contributed by atoms with E-state index in [1.165, 1.54) is 23.5 Å². The van der Waals surface area contributed by atoms with Crippen molar-refractivity contribution in [2.45, 2.75) is 13.8 Å². The summed E-state index contributed by atoms with van der Waals surface area (Å²) in [5.74, 6) is -0.292. The highest BCUT2D eigenvalue weighted by Crippen LogP contribution is 2.42. The lowest BCUT2D eigenvalue weighted by Gasteiger charge is -2.20. The summed E-state index contributed by atoms with van der Waals surface area (Å²) >= 11 is 15.0. The quantitative estimate of drug-likeness (QED) is 0.151. The predicted octanol–water partition coefficient (Wildman–Crippen LogP) is 12.9. The number of anilines is 2. The average Bonchev–Trinajstić information content (AvgIpc) is 3.67. The second kappa shape index (κ2) is 16.2. The highest BCUT2D eigenvalue weighted by atomic mass is 35.5. The monoisotopic (exact) mass is 806 g/mol. The van der Waals surface area contributed by atoms with Gasteiger partial charge in [0.2, 0.25) is 0 Å². The van der Waals surface area contributed by atoms with Gasteiger partial charge < -0.3 is 0 Å². The van der Waals surface area contributed by atoms with Crippen molar-refractivity contribution in [2.75, 3.05) is 9.80 Å². The van der Waals surface area contributed by atoms with Gasteiger partial charge in [0.15, 0.2) is 10.3 Å². The SMILES string of the molecule is Cc1cc(-c2ccc(N3C(=O)/C(=C\c4ccccc4)SC3=Nc3ccc(Cl)cc3)c(C)c2)ccc1N1C(=O)/C(=C\c2ccccc2)SC1=Nc1ccc(Cl)cc1. The van der Waals surface area contributed by atoms with Crippen LogP contribution in [0.1, 0.15) is 22.3 Å². The van der Waals surface area contributed by atoms with Crippen LogP contribution in [-0.4, -0.2) is 22.1 Å². The van der Waals surface area contributed by atoms with Gasteiger partial charge in [0.25, 0.3) is 11.8 Å². The number of hydrogen-bond donors (Lipinski definition) is 0. The first-order valence-corrected chi connectivity index (χ1v) is 20.1. The second-order valence-corrected chi connectivity index (χ2v) is 16.0. The Morgan fingerprint density at radius 1 is 0.500 bits per heavy atom. The van der Waals surface area contributed by atoms with Gasteiger partial charge in [-0.3, -0.25) is 19.4 Å². The summed E-state index contributed by atoms with van der Waals surface area (Å²) in [5.41, 5.74) is 8.49. The van der Waals surface area contributed by atoms with Gasteiger partial charge >= 0.3 is 0 Å². The van der Waals surface area contributed by atoms with E-state index in [1.54, 1.807) is 34.1 Å². The molecule has 0 aromatic heterocycles. The molecule has 6 aromatic carbocycles. The number of carbonyl (C=O) groups is 2. The minimum Gasteiger partial charge on any atom is -0.268 e. The molecule has 0 aliphatic carbocycles. The number of benzene rings is 6. The van der Waals surface area contributed by atoms with Gasteiger partial charge in [0.1, 0.15) is 0 Å². The van der Waals surface area contributed by atoms with E-state index in [2.05, 4.69) is 12.1 Å². The molecule has 0 saturated carbocycles. The van der Waals surface area contributed by atoms with Gasteiger partial charge in [-0.05, 0) is 156 Å². The number of rotatable bonds is 7. The molecule has 0 N–H and O–H groups in total. The number of thioether (sulfide) groups is 2. The second-order valence-electron chi connectivity index (χ2n) is 13.1. The molecule has 274 valence electrons. The van der Waals surface area contributed by atoms with Gasteiger partial charge in [0, 0.05) is 10.0 Å². The van der Waals surface area contributed by atoms with Gasteiger partial charge in [-0.25, -0.2) is 9.98 Å². The summed E-state index contributed by atoms with van der Waals surface area (Å²) in [6, 6.07) is 46.2. The lowest BCUT2D eigenvalue weighted by molar-refractivity contribution is -0.114. The van der Waals surface area contributed by atoms with Crippen molar-refractivity contribution >= 4 is 104 Å². The third-order valence-corrected chi connectivity index (χ3v) is 11.6. The molecule has 6 nitrogen and oxygen atoms in total. The minimum atomic E-state index is -0.146. The number of aryl methyl sites for hydroxylation is 2. The number of amidine groups is 2. The summed E-state index contributed by atoms with van der Waals surface area (Å²) in [6.45, 7) is 3.99. The molecule has 8 rings (SSSR count). The standard InChI is InChI=1S/C46H32Cl2N4O2S2/c1-29-25-33(13-23-39(29)51-43(53)41(27-31-9-5-3-6-10-31)55-45(51)49-37-19-15-35(47)16-20-37)34-14-24-40(30(2)26-34)52-44(54)42(28-32-11-7-4-8-12-32)56-46(52)50-38-21-17-36(48)18-22-38/h3-28H,1-2H3/b41-27+,42-28+,49-45?,50-46?. The molecule has 10 heteroatoms. The normalized spacial score (nSPS) is 17.3. The van der Waals surface area contributed by atoms with Crippen molar-refractivity contribution in [3.8, 4) is 11.1 Å². The van der Waals surface area contributed by atoms with Crippen LogP contribution >= 0.6 is 46.7 Å². The molecule has 56 heavy (non-hydrogen) atoms. The van der Waals surface area contributed by atoms with Crippen molar-refractivity contribution < 1.29 is 9.59 Å². The third kappa shape index (κ3) is 8.01. The van der Waals surface area contributed by atoms with E-state index in [9.17, 15) is 9.59 Å². The van der Waals surface area contributed by atoms with Crippen molar-refractivity contribution in [2.24, 2.45) is 9.98 Å². The Morgan fingerprint density at radius 3 is 1.23 bits per heavy atom. The molecule has 0 bridgehead atoms. The van der Waals surface area contributed by atoms with Crippen LogP contribution in [0.3, 0.4) is 0 Å². The number of hydrogen-bond acceptors (Lipinski definition) is 6. The molecule has 0 spiro atoms. The lowest BCUT2D eigenvalue weighted by atomic mass is 9.99. The van der Waals surface area contributed by atoms with Gasteiger partial charge in [-0.2, -0.15) is 0 Å². The summed E-state index contributed by atoms with van der Waals surface area (Å²) < 4.78 is 0. The first-order chi connectivity index (χ1) is 27.2. The van der Waals surface area contributed by atoms with Crippen molar-refractivity contribution in [1.29, 1.82) is 0 Å². The summed E-state index contributed by atoms with van der Waals surface area (Å²) in [6.07, 6.45) is 3.79. The molecule has 2 amide bonds. The number of nitrogens with zero attached hydrogens (tertiary/aromatic N) is 4. The number of amides is 2. The summed E-state index contributed by atoms with van der Waals surface area (Å²) in [5, 5.41) is 2.34. The minimum absolute atomic E-state index is 0.146. The average molecular weight is 808 g/mol. The molecule has 6 aromatic rings. The van der Waals surface area contributed by atoms with Crippen LogP contribution in [0.25, 0.3) is 23.3 Å².